The fraction of sp³-hybridized carbons (Fsp3) is 0.368. The molecule has 0 spiro atoms. The molecule has 0 fully saturated rings. The van der Waals surface area contributed by atoms with Crippen molar-refractivity contribution in [1.82, 2.24) is 5.32 Å². The molecule has 0 amide bonds. The van der Waals surface area contributed by atoms with Crippen molar-refractivity contribution in [2.75, 3.05) is 6.54 Å². The average molecular weight is 283 g/mol. The van der Waals surface area contributed by atoms with Crippen LogP contribution in [0.15, 0.2) is 54.6 Å². The molecule has 2 heteroatoms. The van der Waals surface area contributed by atoms with Crippen molar-refractivity contribution in [2.45, 2.75) is 38.8 Å². The SMILES string of the molecule is CC(C)NCCC(C)(O)c1ccc(-c2ccccc2)cc1. The predicted octanol–water partition coefficient (Wildman–Crippen LogP) is 3.95. The average Bonchev–Trinajstić information content (AvgIpc) is 2.48. The first kappa shape index (κ1) is 15.7. The van der Waals surface area contributed by atoms with E-state index in [0.29, 0.717) is 12.5 Å². The highest BCUT2D eigenvalue weighted by molar-refractivity contribution is 5.63. The molecule has 112 valence electrons. The zero-order chi connectivity index (χ0) is 15.3. The number of hydrogen-bond donors (Lipinski definition) is 2. The van der Waals surface area contributed by atoms with E-state index in [9.17, 15) is 5.11 Å². The molecule has 1 unspecified atom stereocenters. The highest BCUT2D eigenvalue weighted by Crippen LogP contribution is 2.27. The Morgan fingerprint density at radius 2 is 1.52 bits per heavy atom. The van der Waals surface area contributed by atoms with Gasteiger partial charge in [0.2, 0.25) is 0 Å². The Kier molecular flexibility index (Phi) is 5.16. The van der Waals surface area contributed by atoms with Crippen LogP contribution in [0, 0.1) is 0 Å². The summed E-state index contributed by atoms with van der Waals surface area (Å²) >= 11 is 0. The smallest absolute Gasteiger partial charge is 0.0880 e. The second kappa shape index (κ2) is 6.88. The van der Waals surface area contributed by atoms with Gasteiger partial charge in [0.25, 0.3) is 0 Å². The van der Waals surface area contributed by atoms with Crippen molar-refractivity contribution in [2.24, 2.45) is 0 Å². The van der Waals surface area contributed by atoms with Crippen molar-refractivity contribution < 1.29 is 5.11 Å². The largest absolute Gasteiger partial charge is 0.385 e. The van der Waals surface area contributed by atoms with Crippen LogP contribution in [0.3, 0.4) is 0 Å². The summed E-state index contributed by atoms with van der Waals surface area (Å²) in [6.07, 6.45) is 0.704. The maximum Gasteiger partial charge on any atom is 0.0880 e. The molecule has 2 aromatic carbocycles. The topological polar surface area (TPSA) is 32.3 Å². The number of benzene rings is 2. The second-order valence-corrected chi connectivity index (χ2v) is 6.08. The Morgan fingerprint density at radius 3 is 2.10 bits per heavy atom. The van der Waals surface area contributed by atoms with Crippen LogP contribution in [0.5, 0.6) is 0 Å². The standard InChI is InChI=1S/C19H25NO/c1-15(2)20-14-13-19(3,21)18-11-9-17(10-12-18)16-7-5-4-6-8-16/h4-12,15,20-21H,13-14H2,1-3H3. The van der Waals surface area contributed by atoms with Gasteiger partial charge in [0.05, 0.1) is 5.60 Å². The van der Waals surface area contributed by atoms with E-state index in [1.807, 2.05) is 37.3 Å². The van der Waals surface area contributed by atoms with Gasteiger partial charge in [-0.25, -0.2) is 0 Å². The van der Waals surface area contributed by atoms with Crippen molar-refractivity contribution in [3.05, 3.63) is 60.2 Å². The maximum atomic E-state index is 10.6. The third kappa shape index (κ3) is 4.42. The minimum absolute atomic E-state index is 0.446. The molecule has 0 aliphatic heterocycles. The third-order valence-electron chi connectivity index (χ3n) is 3.78. The molecule has 2 rings (SSSR count). The van der Waals surface area contributed by atoms with Crippen LogP contribution >= 0.6 is 0 Å². The summed E-state index contributed by atoms with van der Waals surface area (Å²) < 4.78 is 0. The summed E-state index contributed by atoms with van der Waals surface area (Å²) in [7, 11) is 0. The number of nitrogens with one attached hydrogen (secondary N) is 1. The molecular weight excluding hydrogens is 258 g/mol. The lowest BCUT2D eigenvalue weighted by molar-refractivity contribution is 0.0475. The van der Waals surface area contributed by atoms with Gasteiger partial charge in [-0.1, -0.05) is 68.4 Å². The molecule has 0 radical (unpaired) electrons. The first-order valence-corrected chi connectivity index (χ1v) is 7.61. The highest BCUT2D eigenvalue weighted by Gasteiger charge is 2.22. The predicted molar refractivity (Wildman–Crippen MR) is 89.2 cm³/mol. The van der Waals surface area contributed by atoms with E-state index in [4.69, 9.17) is 0 Å². The minimum atomic E-state index is -0.795. The van der Waals surface area contributed by atoms with E-state index in [-0.39, 0.29) is 0 Å². The Morgan fingerprint density at radius 1 is 0.952 bits per heavy atom. The summed E-state index contributed by atoms with van der Waals surface area (Å²) in [6.45, 7) is 6.92. The lowest BCUT2D eigenvalue weighted by atomic mass is 9.91. The Labute approximate surface area is 127 Å². The molecule has 21 heavy (non-hydrogen) atoms. The van der Waals surface area contributed by atoms with Crippen LogP contribution in [-0.2, 0) is 5.60 Å². The monoisotopic (exact) mass is 283 g/mol. The Hall–Kier alpha value is -1.64. The third-order valence-corrected chi connectivity index (χ3v) is 3.78. The Bertz CT molecular complexity index is 544. The highest BCUT2D eigenvalue weighted by atomic mass is 16.3. The van der Waals surface area contributed by atoms with Crippen molar-refractivity contribution in [1.29, 1.82) is 0 Å². The lowest BCUT2D eigenvalue weighted by Crippen LogP contribution is -2.31. The molecule has 0 saturated heterocycles. The van der Waals surface area contributed by atoms with E-state index in [2.05, 4.69) is 43.4 Å². The van der Waals surface area contributed by atoms with Gasteiger partial charge in [0, 0.05) is 6.04 Å². The minimum Gasteiger partial charge on any atom is -0.385 e. The molecular formula is C19H25NO. The summed E-state index contributed by atoms with van der Waals surface area (Å²) in [5, 5.41) is 14.0. The van der Waals surface area contributed by atoms with Crippen LogP contribution in [0.4, 0.5) is 0 Å². The summed E-state index contributed by atoms with van der Waals surface area (Å²) in [5.41, 5.74) is 2.55. The second-order valence-electron chi connectivity index (χ2n) is 6.08. The summed E-state index contributed by atoms with van der Waals surface area (Å²) in [5.74, 6) is 0. The number of hydrogen-bond acceptors (Lipinski definition) is 2. The van der Waals surface area contributed by atoms with Crippen LogP contribution in [0.2, 0.25) is 0 Å². The molecule has 1 atom stereocenters. The molecule has 0 aliphatic rings. The van der Waals surface area contributed by atoms with Crippen molar-refractivity contribution in [3.8, 4) is 11.1 Å². The maximum absolute atomic E-state index is 10.6. The normalized spacial score (nSPS) is 14.1. The number of rotatable bonds is 6. The quantitative estimate of drug-likeness (QED) is 0.841. The zero-order valence-corrected chi connectivity index (χ0v) is 13.1. The first-order chi connectivity index (χ1) is 9.99. The molecule has 0 aliphatic carbocycles. The van der Waals surface area contributed by atoms with Gasteiger partial charge in [0.15, 0.2) is 0 Å². The summed E-state index contributed by atoms with van der Waals surface area (Å²) in [6, 6.07) is 18.9. The fourth-order valence-electron chi connectivity index (χ4n) is 2.40. The van der Waals surface area contributed by atoms with E-state index < -0.39 is 5.60 Å². The molecule has 2 nitrogen and oxygen atoms in total. The van der Waals surface area contributed by atoms with Gasteiger partial charge >= 0.3 is 0 Å². The van der Waals surface area contributed by atoms with Crippen molar-refractivity contribution >= 4 is 0 Å². The van der Waals surface area contributed by atoms with Crippen LogP contribution in [0.1, 0.15) is 32.8 Å². The molecule has 2 aromatic rings. The van der Waals surface area contributed by atoms with E-state index in [1.165, 1.54) is 11.1 Å². The molecule has 2 N–H and O–H groups in total. The van der Waals surface area contributed by atoms with E-state index in [0.717, 1.165) is 12.1 Å². The first-order valence-electron chi connectivity index (χ1n) is 7.61. The van der Waals surface area contributed by atoms with Crippen LogP contribution < -0.4 is 5.32 Å². The molecule has 0 heterocycles. The lowest BCUT2D eigenvalue weighted by Gasteiger charge is -2.25. The van der Waals surface area contributed by atoms with Gasteiger partial charge in [-0.3, -0.25) is 0 Å². The van der Waals surface area contributed by atoms with Crippen molar-refractivity contribution in [3.63, 3.8) is 0 Å². The van der Waals surface area contributed by atoms with E-state index in [1.54, 1.807) is 0 Å². The zero-order valence-electron chi connectivity index (χ0n) is 13.1. The van der Waals surface area contributed by atoms with Gasteiger partial charge in [-0.05, 0) is 36.6 Å². The molecule has 0 bridgehead atoms. The Balaban J connectivity index is 2.07. The molecule has 0 saturated carbocycles. The van der Waals surface area contributed by atoms with Gasteiger partial charge < -0.3 is 10.4 Å². The van der Waals surface area contributed by atoms with Gasteiger partial charge in [0.1, 0.15) is 0 Å². The van der Waals surface area contributed by atoms with Gasteiger partial charge in [-0.2, -0.15) is 0 Å². The van der Waals surface area contributed by atoms with E-state index >= 15 is 0 Å². The van der Waals surface area contributed by atoms with Crippen LogP contribution in [0.25, 0.3) is 11.1 Å². The molecule has 0 aromatic heterocycles. The number of aliphatic hydroxyl groups is 1. The van der Waals surface area contributed by atoms with Gasteiger partial charge in [-0.15, -0.1) is 0 Å². The fourth-order valence-corrected chi connectivity index (χ4v) is 2.40. The van der Waals surface area contributed by atoms with Crippen LogP contribution in [-0.4, -0.2) is 17.7 Å². The summed E-state index contributed by atoms with van der Waals surface area (Å²) in [4.78, 5) is 0.